The zero-order valence-corrected chi connectivity index (χ0v) is 43.9. The molecule has 0 saturated carbocycles. The Kier molecular flexibility index (Phi) is 52.4. The molecule has 0 fully saturated rings. The van der Waals surface area contributed by atoms with Gasteiger partial charge in [-0.1, -0.05) is 234 Å². The lowest BCUT2D eigenvalue weighted by Gasteiger charge is -2.18. The molecule has 0 bridgehead atoms. The molecule has 0 saturated heterocycles. The van der Waals surface area contributed by atoms with Crippen molar-refractivity contribution < 1.29 is 28.6 Å². The van der Waals surface area contributed by atoms with Crippen molar-refractivity contribution in [1.82, 2.24) is 0 Å². The molecule has 0 amide bonds. The number of esters is 3. The van der Waals surface area contributed by atoms with E-state index in [1.807, 2.05) is 0 Å². The third kappa shape index (κ3) is 53.4. The minimum atomic E-state index is -0.791. The molecule has 0 aliphatic carbocycles. The van der Waals surface area contributed by atoms with E-state index >= 15 is 0 Å². The molecule has 0 aromatic heterocycles. The van der Waals surface area contributed by atoms with Crippen LogP contribution in [0.3, 0.4) is 0 Å². The number of allylic oxidation sites excluding steroid dienone is 14. The van der Waals surface area contributed by atoms with Gasteiger partial charge < -0.3 is 14.2 Å². The van der Waals surface area contributed by atoms with Crippen molar-refractivity contribution in [3.05, 3.63) is 85.1 Å². The number of rotatable bonds is 50. The number of hydrogen-bond acceptors (Lipinski definition) is 6. The molecule has 0 aromatic carbocycles. The summed E-state index contributed by atoms with van der Waals surface area (Å²) in [6.45, 7) is 6.47. The summed E-state index contributed by atoms with van der Waals surface area (Å²) in [4.78, 5) is 38.0. The summed E-state index contributed by atoms with van der Waals surface area (Å²) in [5, 5.41) is 0. The van der Waals surface area contributed by atoms with E-state index in [1.165, 1.54) is 109 Å². The van der Waals surface area contributed by atoms with E-state index in [4.69, 9.17) is 14.2 Å². The average Bonchev–Trinajstić information content (AvgIpc) is 3.33. The first kappa shape index (κ1) is 63.6. The topological polar surface area (TPSA) is 78.9 Å². The van der Waals surface area contributed by atoms with Crippen LogP contribution in [0, 0.1) is 0 Å². The quantitative estimate of drug-likeness (QED) is 0.0262. The van der Waals surface area contributed by atoms with Gasteiger partial charge in [0.05, 0.1) is 0 Å². The van der Waals surface area contributed by atoms with E-state index in [-0.39, 0.29) is 31.1 Å². The summed E-state index contributed by atoms with van der Waals surface area (Å²) in [5.41, 5.74) is 0. The third-order valence-electron chi connectivity index (χ3n) is 11.9. The van der Waals surface area contributed by atoms with Crippen LogP contribution in [-0.4, -0.2) is 37.2 Å². The first-order valence-electron chi connectivity index (χ1n) is 28.1. The lowest BCUT2D eigenvalue weighted by molar-refractivity contribution is -0.167. The fourth-order valence-electron chi connectivity index (χ4n) is 7.68. The maximum Gasteiger partial charge on any atom is 0.306 e. The van der Waals surface area contributed by atoms with Crippen molar-refractivity contribution >= 4 is 17.9 Å². The Labute approximate surface area is 414 Å². The van der Waals surface area contributed by atoms with Crippen LogP contribution in [0.5, 0.6) is 0 Å². The lowest BCUT2D eigenvalue weighted by Crippen LogP contribution is -2.30. The summed E-state index contributed by atoms with van der Waals surface area (Å²) in [6.07, 6.45) is 71.5. The molecule has 0 heterocycles. The van der Waals surface area contributed by atoms with Crippen LogP contribution in [0.4, 0.5) is 0 Å². The molecule has 0 aliphatic heterocycles. The summed E-state index contributed by atoms with van der Waals surface area (Å²) >= 11 is 0. The van der Waals surface area contributed by atoms with Gasteiger partial charge in [-0.05, 0) is 96.3 Å². The summed E-state index contributed by atoms with van der Waals surface area (Å²) in [6, 6.07) is 0. The standard InChI is InChI=1S/C61H104O6/c1-4-7-10-13-16-19-21-23-25-27-28-29-30-31-32-34-35-37-39-42-45-48-51-54-60(63)66-57-58(56-65-59(62)53-50-47-44-41-18-15-12-9-6-3)67-61(64)55-52-49-46-43-40-38-36-33-26-24-22-20-17-14-11-8-5-2/h8,11,17,20-21,23-24,26-28,30-31,36,38,58H,4-7,9-10,12-16,18-19,22,25,29,32-35,37,39-57H2,1-3H3/b11-8-,20-17-,23-21-,26-24-,28-27-,31-30-,38-36-. The highest BCUT2D eigenvalue weighted by Gasteiger charge is 2.19. The minimum absolute atomic E-state index is 0.0881. The Morgan fingerprint density at radius 2 is 0.582 bits per heavy atom. The van der Waals surface area contributed by atoms with Gasteiger partial charge in [-0.15, -0.1) is 0 Å². The molecule has 6 nitrogen and oxygen atoms in total. The molecule has 0 radical (unpaired) electrons. The zero-order valence-electron chi connectivity index (χ0n) is 43.9. The third-order valence-corrected chi connectivity index (χ3v) is 11.9. The molecule has 0 aromatic rings. The van der Waals surface area contributed by atoms with Crippen molar-refractivity contribution in [2.24, 2.45) is 0 Å². The highest BCUT2D eigenvalue weighted by molar-refractivity contribution is 5.71. The minimum Gasteiger partial charge on any atom is -0.462 e. The van der Waals surface area contributed by atoms with Crippen molar-refractivity contribution in [1.29, 1.82) is 0 Å². The van der Waals surface area contributed by atoms with Crippen LogP contribution in [0.2, 0.25) is 0 Å². The Bertz CT molecular complexity index is 1300. The van der Waals surface area contributed by atoms with Gasteiger partial charge in [0.1, 0.15) is 13.2 Å². The summed E-state index contributed by atoms with van der Waals surface area (Å²) in [5.74, 6) is -0.919. The Morgan fingerprint density at radius 3 is 0.910 bits per heavy atom. The summed E-state index contributed by atoms with van der Waals surface area (Å²) < 4.78 is 16.8. The van der Waals surface area contributed by atoms with Gasteiger partial charge >= 0.3 is 17.9 Å². The lowest BCUT2D eigenvalue weighted by atomic mass is 10.1. The first-order valence-corrected chi connectivity index (χ1v) is 28.1. The van der Waals surface area contributed by atoms with Crippen LogP contribution in [0.1, 0.15) is 265 Å². The van der Waals surface area contributed by atoms with Crippen molar-refractivity contribution in [2.45, 2.75) is 271 Å². The van der Waals surface area contributed by atoms with Crippen LogP contribution in [0.15, 0.2) is 85.1 Å². The van der Waals surface area contributed by atoms with E-state index in [9.17, 15) is 14.4 Å². The predicted molar refractivity (Wildman–Crippen MR) is 288 cm³/mol. The number of hydrogen-bond donors (Lipinski definition) is 0. The van der Waals surface area contributed by atoms with Crippen molar-refractivity contribution in [3.8, 4) is 0 Å². The molecule has 6 heteroatoms. The highest BCUT2D eigenvalue weighted by Crippen LogP contribution is 2.14. The van der Waals surface area contributed by atoms with E-state index in [0.717, 1.165) is 116 Å². The molecule has 67 heavy (non-hydrogen) atoms. The van der Waals surface area contributed by atoms with Gasteiger partial charge in [-0.25, -0.2) is 0 Å². The molecular formula is C61H104O6. The van der Waals surface area contributed by atoms with E-state index in [2.05, 4.69) is 106 Å². The van der Waals surface area contributed by atoms with Gasteiger partial charge in [0.15, 0.2) is 6.10 Å². The molecule has 1 atom stereocenters. The van der Waals surface area contributed by atoms with Crippen LogP contribution < -0.4 is 0 Å². The fraction of sp³-hybridized carbons (Fsp3) is 0.721. The van der Waals surface area contributed by atoms with Gasteiger partial charge in [-0.3, -0.25) is 14.4 Å². The average molecular weight is 933 g/mol. The molecule has 0 rings (SSSR count). The van der Waals surface area contributed by atoms with Gasteiger partial charge in [0.2, 0.25) is 0 Å². The molecular weight excluding hydrogens is 829 g/mol. The normalized spacial score (nSPS) is 12.7. The van der Waals surface area contributed by atoms with Gasteiger partial charge in [-0.2, -0.15) is 0 Å². The Morgan fingerprint density at radius 1 is 0.313 bits per heavy atom. The van der Waals surface area contributed by atoms with Crippen molar-refractivity contribution in [2.75, 3.05) is 13.2 Å². The van der Waals surface area contributed by atoms with Crippen LogP contribution in [-0.2, 0) is 28.6 Å². The zero-order chi connectivity index (χ0) is 48.6. The number of carbonyl (C=O) groups excluding carboxylic acids is 3. The number of carbonyl (C=O) groups is 3. The van der Waals surface area contributed by atoms with E-state index in [0.29, 0.717) is 19.3 Å². The fourth-order valence-corrected chi connectivity index (χ4v) is 7.68. The maximum absolute atomic E-state index is 12.8. The van der Waals surface area contributed by atoms with Gasteiger partial charge in [0.25, 0.3) is 0 Å². The molecule has 0 N–H and O–H groups in total. The number of ether oxygens (including phenoxy) is 3. The Hall–Kier alpha value is -3.41. The molecule has 384 valence electrons. The summed E-state index contributed by atoms with van der Waals surface area (Å²) in [7, 11) is 0. The second kappa shape index (κ2) is 55.2. The predicted octanol–water partition coefficient (Wildman–Crippen LogP) is 18.8. The largest absolute Gasteiger partial charge is 0.462 e. The number of unbranched alkanes of at least 4 members (excludes halogenated alkanes) is 25. The van der Waals surface area contributed by atoms with Crippen molar-refractivity contribution in [3.63, 3.8) is 0 Å². The highest BCUT2D eigenvalue weighted by atomic mass is 16.6. The van der Waals surface area contributed by atoms with Crippen LogP contribution in [0.25, 0.3) is 0 Å². The monoisotopic (exact) mass is 933 g/mol. The molecule has 0 spiro atoms. The molecule has 0 aliphatic rings. The second-order valence-electron chi connectivity index (χ2n) is 18.5. The Balaban J connectivity index is 4.32. The van der Waals surface area contributed by atoms with E-state index in [1.54, 1.807) is 0 Å². The SMILES string of the molecule is CC/C=C\C/C=C\C/C=C\C/C=C\CCCCCCC(=O)OC(COC(=O)CCCCCCCCCCC)COC(=O)CCCCCCCCCC/C=C\C/C=C\C/C=C\CCCCCCC. The smallest absolute Gasteiger partial charge is 0.306 e. The first-order chi connectivity index (χ1) is 33.0. The van der Waals surface area contributed by atoms with E-state index < -0.39 is 6.10 Å². The van der Waals surface area contributed by atoms with Crippen LogP contribution >= 0.6 is 0 Å². The maximum atomic E-state index is 12.8. The second-order valence-corrected chi connectivity index (χ2v) is 18.5. The molecule has 1 unspecified atom stereocenters. The van der Waals surface area contributed by atoms with Gasteiger partial charge in [0, 0.05) is 19.3 Å².